The molecule has 0 fully saturated rings. The van der Waals surface area contributed by atoms with Crippen molar-refractivity contribution < 1.29 is 18.7 Å². The van der Waals surface area contributed by atoms with Gasteiger partial charge in [-0.05, 0) is 29.7 Å². The second kappa shape index (κ2) is 3.68. The molecule has 0 unspecified atom stereocenters. The topological polar surface area (TPSA) is 37.3 Å². The Kier molecular flexibility index (Phi) is 2.59. The predicted molar refractivity (Wildman–Crippen MR) is 58.4 cm³/mol. The van der Waals surface area contributed by atoms with Gasteiger partial charge < -0.3 is 5.11 Å². The minimum Gasteiger partial charge on any atom is -0.477 e. The molecule has 2 aromatic rings. The summed E-state index contributed by atoms with van der Waals surface area (Å²) in [4.78, 5) is 9.91. The van der Waals surface area contributed by atoms with Gasteiger partial charge >= 0.3 is 11.9 Å². The number of aliphatic carboxylic acids is 1. The van der Waals surface area contributed by atoms with Crippen molar-refractivity contribution in [3.63, 3.8) is 0 Å². The fraction of sp³-hybridized carbons (Fsp3) is 0.100. The van der Waals surface area contributed by atoms with Gasteiger partial charge in [0.1, 0.15) is 0 Å². The summed E-state index contributed by atoms with van der Waals surface area (Å²) in [6.07, 6.45) is 0. The first-order valence-corrected chi connectivity index (χ1v) is 5.41. The molecule has 6 heteroatoms. The van der Waals surface area contributed by atoms with E-state index >= 15 is 0 Å². The third-order valence-corrected chi connectivity index (χ3v) is 3.48. The SMILES string of the molecule is O=C(O)C(F)(F)c1cc2cc(Cl)ccc2s1. The number of alkyl halides is 2. The quantitative estimate of drug-likeness (QED) is 0.895. The van der Waals surface area contributed by atoms with E-state index < -0.39 is 16.8 Å². The normalized spacial score (nSPS) is 11.9. The van der Waals surface area contributed by atoms with Gasteiger partial charge in [-0.15, -0.1) is 11.3 Å². The van der Waals surface area contributed by atoms with E-state index in [1.54, 1.807) is 12.1 Å². The number of rotatable bonds is 2. The van der Waals surface area contributed by atoms with Gasteiger partial charge in [-0.2, -0.15) is 8.78 Å². The summed E-state index contributed by atoms with van der Waals surface area (Å²) < 4.78 is 27.0. The fourth-order valence-corrected chi connectivity index (χ4v) is 2.46. The highest BCUT2D eigenvalue weighted by molar-refractivity contribution is 7.19. The molecule has 0 aliphatic carbocycles. The smallest absolute Gasteiger partial charge is 0.380 e. The van der Waals surface area contributed by atoms with E-state index in [0.29, 0.717) is 15.1 Å². The standard InChI is InChI=1S/C10H5ClF2O2S/c11-6-1-2-7-5(3-6)4-8(16-7)10(12,13)9(14)15/h1-4H,(H,14,15). The Bertz CT molecular complexity index is 565. The van der Waals surface area contributed by atoms with Gasteiger partial charge in [0.05, 0.1) is 4.88 Å². The van der Waals surface area contributed by atoms with Crippen LogP contribution in [-0.2, 0) is 10.7 Å². The number of thiophene rings is 1. The molecule has 84 valence electrons. The maximum absolute atomic E-state index is 13.2. The molecule has 2 rings (SSSR count). The average molecular weight is 263 g/mol. The second-order valence-electron chi connectivity index (χ2n) is 3.17. The van der Waals surface area contributed by atoms with Crippen molar-refractivity contribution in [2.45, 2.75) is 5.92 Å². The zero-order chi connectivity index (χ0) is 11.9. The molecule has 1 heterocycles. The van der Waals surface area contributed by atoms with E-state index in [1.165, 1.54) is 6.07 Å². The van der Waals surface area contributed by atoms with Crippen molar-refractivity contribution in [2.75, 3.05) is 0 Å². The van der Waals surface area contributed by atoms with Crippen LogP contribution in [0.5, 0.6) is 0 Å². The number of carboxylic acids is 1. The molecule has 0 bridgehead atoms. The van der Waals surface area contributed by atoms with Crippen molar-refractivity contribution >= 4 is 39.0 Å². The van der Waals surface area contributed by atoms with Crippen LogP contribution in [0.2, 0.25) is 5.02 Å². The molecule has 0 saturated heterocycles. The summed E-state index contributed by atoms with van der Waals surface area (Å²) in [6.45, 7) is 0. The molecule has 0 aliphatic heterocycles. The highest BCUT2D eigenvalue weighted by Gasteiger charge is 2.42. The van der Waals surface area contributed by atoms with Gasteiger partial charge in [-0.1, -0.05) is 11.6 Å². The highest BCUT2D eigenvalue weighted by Crippen LogP contribution is 2.37. The van der Waals surface area contributed by atoms with Crippen LogP contribution in [0.4, 0.5) is 8.78 Å². The molecule has 0 amide bonds. The van der Waals surface area contributed by atoms with E-state index in [1.807, 2.05) is 0 Å². The average Bonchev–Trinajstić information content (AvgIpc) is 2.60. The van der Waals surface area contributed by atoms with Crippen LogP contribution in [0.15, 0.2) is 24.3 Å². The largest absolute Gasteiger partial charge is 0.477 e. The lowest BCUT2D eigenvalue weighted by molar-refractivity contribution is -0.165. The maximum Gasteiger partial charge on any atom is 0.380 e. The Morgan fingerprint density at radius 2 is 2.06 bits per heavy atom. The van der Waals surface area contributed by atoms with Crippen LogP contribution >= 0.6 is 22.9 Å². The molecule has 0 atom stereocenters. The van der Waals surface area contributed by atoms with E-state index in [2.05, 4.69) is 0 Å². The molecule has 16 heavy (non-hydrogen) atoms. The van der Waals surface area contributed by atoms with E-state index in [9.17, 15) is 13.6 Å². The summed E-state index contributed by atoms with van der Waals surface area (Å²) in [7, 11) is 0. The minimum atomic E-state index is -3.85. The first-order chi connectivity index (χ1) is 7.41. The lowest BCUT2D eigenvalue weighted by atomic mass is 10.2. The summed E-state index contributed by atoms with van der Waals surface area (Å²) in [5.41, 5.74) is 0. The zero-order valence-electron chi connectivity index (χ0n) is 7.71. The van der Waals surface area contributed by atoms with Crippen LogP contribution < -0.4 is 0 Å². The van der Waals surface area contributed by atoms with Crippen molar-refractivity contribution in [2.24, 2.45) is 0 Å². The second-order valence-corrected chi connectivity index (χ2v) is 4.69. The molecule has 0 radical (unpaired) electrons. The van der Waals surface area contributed by atoms with Crippen LogP contribution in [0.1, 0.15) is 4.88 Å². The van der Waals surface area contributed by atoms with Gasteiger partial charge in [-0.3, -0.25) is 0 Å². The first-order valence-electron chi connectivity index (χ1n) is 4.22. The summed E-state index contributed by atoms with van der Waals surface area (Å²) >= 11 is 6.46. The van der Waals surface area contributed by atoms with Gasteiger partial charge in [0.15, 0.2) is 0 Å². The Labute approximate surface area is 98.1 Å². The van der Waals surface area contributed by atoms with Crippen LogP contribution in [0, 0.1) is 0 Å². The number of benzene rings is 1. The number of halogens is 3. The third-order valence-electron chi connectivity index (χ3n) is 2.06. The number of carbonyl (C=O) groups is 1. The number of carboxylic acid groups (broad SMARTS) is 1. The molecule has 1 aromatic carbocycles. The van der Waals surface area contributed by atoms with Gasteiger partial charge in [-0.25, -0.2) is 4.79 Å². The maximum atomic E-state index is 13.2. The fourth-order valence-electron chi connectivity index (χ4n) is 1.27. The van der Waals surface area contributed by atoms with Gasteiger partial charge in [0.25, 0.3) is 0 Å². The van der Waals surface area contributed by atoms with E-state index in [-0.39, 0.29) is 0 Å². The molecule has 1 aromatic heterocycles. The van der Waals surface area contributed by atoms with E-state index in [0.717, 1.165) is 17.4 Å². The first kappa shape index (κ1) is 11.3. The van der Waals surface area contributed by atoms with Crippen molar-refractivity contribution in [1.82, 2.24) is 0 Å². The lowest BCUT2D eigenvalue weighted by Crippen LogP contribution is -2.23. The van der Waals surface area contributed by atoms with Crippen molar-refractivity contribution in [3.8, 4) is 0 Å². The minimum absolute atomic E-state index is 0.426. The molecule has 0 saturated carbocycles. The number of fused-ring (bicyclic) bond motifs is 1. The third kappa shape index (κ3) is 1.76. The van der Waals surface area contributed by atoms with Crippen LogP contribution in [0.3, 0.4) is 0 Å². The predicted octanol–water partition coefficient (Wildman–Crippen LogP) is 3.73. The molecular formula is C10H5ClF2O2S. The van der Waals surface area contributed by atoms with Crippen molar-refractivity contribution in [1.29, 1.82) is 0 Å². The monoisotopic (exact) mass is 262 g/mol. The molecular weight excluding hydrogens is 258 g/mol. The highest BCUT2D eigenvalue weighted by atomic mass is 35.5. The Hall–Kier alpha value is -1.20. The summed E-state index contributed by atoms with van der Waals surface area (Å²) in [5, 5.41) is 9.35. The number of hydrogen-bond acceptors (Lipinski definition) is 2. The van der Waals surface area contributed by atoms with E-state index in [4.69, 9.17) is 16.7 Å². The van der Waals surface area contributed by atoms with Crippen LogP contribution in [-0.4, -0.2) is 11.1 Å². The lowest BCUT2D eigenvalue weighted by Gasteiger charge is -2.06. The summed E-state index contributed by atoms with van der Waals surface area (Å²) in [5.74, 6) is -6.00. The molecule has 2 nitrogen and oxygen atoms in total. The summed E-state index contributed by atoms with van der Waals surface area (Å²) in [6, 6.07) is 5.83. The van der Waals surface area contributed by atoms with Crippen molar-refractivity contribution in [3.05, 3.63) is 34.2 Å². The Morgan fingerprint density at radius 1 is 1.38 bits per heavy atom. The Morgan fingerprint density at radius 3 is 2.69 bits per heavy atom. The van der Waals surface area contributed by atoms with Crippen LogP contribution in [0.25, 0.3) is 10.1 Å². The zero-order valence-corrected chi connectivity index (χ0v) is 9.28. The molecule has 1 N–H and O–H groups in total. The number of hydrogen-bond donors (Lipinski definition) is 1. The molecule has 0 spiro atoms. The van der Waals surface area contributed by atoms with Gasteiger partial charge in [0.2, 0.25) is 0 Å². The Balaban J connectivity index is 2.59. The molecule has 0 aliphatic rings. The van der Waals surface area contributed by atoms with Gasteiger partial charge in [0, 0.05) is 9.72 Å².